The molecule has 6 heteroatoms. The number of aryl methyl sites for hydroxylation is 2. The summed E-state index contributed by atoms with van der Waals surface area (Å²) in [5.74, 6) is -0.493. The van der Waals surface area contributed by atoms with Gasteiger partial charge >= 0.3 is 5.97 Å². The van der Waals surface area contributed by atoms with Crippen LogP contribution in [0.5, 0.6) is 5.75 Å². The number of esters is 1. The molecule has 2 aromatic carbocycles. The molecule has 27 heavy (non-hydrogen) atoms. The van der Waals surface area contributed by atoms with Crippen molar-refractivity contribution in [1.82, 2.24) is 0 Å². The Morgan fingerprint density at radius 1 is 1.11 bits per heavy atom. The summed E-state index contributed by atoms with van der Waals surface area (Å²) in [5, 5.41) is 3.39. The van der Waals surface area contributed by atoms with Crippen molar-refractivity contribution in [2.75, 3.05) is 18.5 Å². The summed E-state index contributed by atoms with van der Waals surface area (Å²) in [5.41, 5.74) is 4.23. The molecule has 0 spiro atoms. The number of carbonyl (C=O) groups excluding carboxylic acids is 2. The van der Waals surface area contributed by atoms with Crippen LogP contribution in [0.1, 0.15) is 23.1 Å². The predicted octanol–water partition coefficient (Wildman–Crippen LogP) is 3.56. The number of rotatable bonds is 4. The molecule has 1 atom stereocenters. The van der Waals surface area contributed by atoms with E-state index >= 15 is 0 Å². The van der Waals surface area contributed by atoms with E-state index in [2.05, 4.69) is 5.32 Å². The molecule has 0 fully saturated rings. The van der Waals surface area contributed by atoms with E-state index in [4.69, 9.17) is 21.1 Å². The minimum absolute atomic E-state index is 0.236. The molecule has 1 heterocycles. The highest BCUT2D eigenvalue weighted by molar-refractivity contribution is 6.30. The Morgan fingerprint density at radius 2 is 1.96 bits per heavy atom. The Labute approximate surface area is 162 Å². The van der Waals surface area contributed by atoms with Crippen molar-refractivity contribution in [1.29, 1.82) is 0 Å². The van der Waals surface area contributed by atoms with Crippen molar-refractivity contribution in [2.24, 2.45) is 5.92 Å². The van der Waals surface area contributed by atoms with Gasteiger partial charge in [0.1, 0.15) is 12.4 Å². The number of hydrogen-bond donors (Lipinski definition) is 1. The number of nitrogens with one attached hydrogen (secondary N) is 1. The van der Waals surface area contributed by atoms with Crippen molar-refractivity contribution < 1.29 is 19.1 Å². The zero-order valence-electron chi connectivity index (χ0n) is 14.8. The Kier molecular flexibility index (Phi) is 5.03. The molecule has 140 valence electrons. The van der Waals surface area contributed by atoms with Gasteiger partial charge in [-0.25, -0.2) is 0 Å². The highest BCUT2D eigenvalue weighted by Gasteiger charge is 2.28. The molecule has 1 N–H and O–H groups in total. The van der Waals surface area contributed by atoms with E-state index in [1.54, 1.807) is 18.2 Å². The molecule has 0 saturated heterocycles. The van der Waals surface area contributed by atoms with Gasteiger partial charge in [-0.15, -0.1) is 0 Å². The van der Waals surface area contributed by atoms with Crippen LogP contribution in [0, 0.1) is 5.92 Å². The van der Waals surface area contributed by atoms with E-state index in [9.17, 15) is 9.59 Å². The van der Waals surface area contributed by atoms with Crippen LogP contribution >= 0.6 is 11.6 Å². The average molecular weight is 386 g/mol. The number of carbonyl (C=O) groups is 2. The summed E-state index contributed by atoms with van der Waals surface area (Å²) >= 11 is 5.99. The van der Waals surface area contributed by atoms with Crippen LogP contribution in [0.25, 0.3) is 0 Å². The smallest absolute Gasteiger partial charge is 0.313 e. The Hall–Kier alpha value is -2.53. The molecular formula is C21H20ClNO4. The molecule has 1 aliphatic heterocycles. The maximum Gasteiger partial charge on any atom is 0.313 e. The number of amides is 1. The van der Waals surface area contributed by atoms with Gasteiger partial charge in [-0.2, -0.15) is 0 Å². The second-order valence-electron chi connectivity index (χ2n) is 6.96. The third-order valence-electron chi connectivity index (χ3n) is 4.99. The quantitative estimate of drug-likeness (QED) is 0.817. The number of anilines is 1. The molecule has 2 aliphatic rings. The maximum atomic E-state index is 12.3. The summed E-state index contributed by atoms with van der Waals surface area (Å²) in [7, 11) is 0. The largest absolute Gasteiger partial charge is 0.492 e. The second kappa shape index (κ2) is 7.61. The lowest BCUT2D eigenvalue weighted by Gasteiger charge is -2.24. The fraction of sp³-hybridized carbons (Fsp3) is 0.333. The van der Waals surface area contributed by atoms with Gasteiger partial charge < -0.3 is 14.8 Å². The van der Waals surface area contributed by atoms with E-state index in [0.717, 1.165) is 36.3 Å². The number of ether oxygens (including phenoxy) is 2. The SMILES string of the molecule is O=C(COC(=O)[C@H]1COc2ccc(Cl)cc2C1)Nc1ccc2c(c1)CCC2. The van der Waals surface area contributed by atoms with Gasteiger partial charge in [0, 0.05) is 10.7 Å². The Morgan fingerprint density at radius 3 is 2.85 bits per heavy atom. The van der Waals surface area contributed by atoms with Gasteiger partial charge in [-0.05, 0) is 72.7 Å². The zero-order valence-corrected chi connectivity index (χ0v) is 15.6. The van der Waals surface area contributed by atoms with Gasteiger partial charge in [-0.1, -0.05) is 17.7 Å². The van der Waals surface area contributed by atoms with Crippen molar-refractivity contribution in [3.63, 3.8) is 0 Å². The third kappa shape index (κ3) is 4.08. The lowest BCUT2D eigenvalue weighted by atomic mass is 9.97. The molecule has 0 aromatic heterocycles. The van der Waals surface area contributed by atoms with E-state index in [0.29, 0.717) is 11.4 Å². The molecule has 2 aromatic rings. The Bertz CT molecular complexity index is 896. The molecular weight excluding hydrogens is 366 g/mol. The first kappa shape index (κ1) is 17.9. The maximum absolute atomic E-state index is 12.3. The van der Waals surface area contributed by atoms with Crippen LogP contribution in [-0.4, -0.2) is 25.1 Å². The first-order valence-corrected chi connectivity index (χ1v) is 9.46. The van der Waals surface area contributed by atoms with Gasteiger partial charge in [-0.3, -0.25) is 9.59 Å². The predicted molar refractivity (Wildman–Crippen MR) is 102 cm³/mol. The molecule has 5 nitrogen and oxygen atoms in total. The van der Waals surface area contributed by atoms with Crippen molar-refractivity contribution >= 4 is 29.2 Å². The van der Waals surface area contributed by atoms with Crippen molar-refractivity contribution in [3.05, 3.63) is 58.1 Å². The summed E-state index contributed by atoms with van der Waals surface area (Å²) in [6.07, 6.45) is 3.78. The third-order valence-corrected chi connectivity index (χ3v) is 5.23. The van der Waals surface area contributed by atoms with Crippen LogP contribution in [0.2, 0.25) is 5.02 Å². The molecule has 0 saturated carbocycles. The van der Waals surface area contributed by atoms with Crippen LogP contribution in [-0.2, 0) is 33.6 Å². The second-order valence-corrected chi connectivity index (χ2v) is 7.39. The minimum Gasteiger partial charge on any atom is -0.492 e. The first-order valence-electron chi connectivity index (χ1n) is 9.08. The average Bonchev–Trinajstić information content (AvgIpc) is 3.13. The topological polar surface area (TPSA) is 64.6 Å². The normalized spacial score (nSPS) is 17.4. The fourth-order valence-corrected chi connectivity index (χ4v) is 3.81. The molecule has 0 radical (unpaired) electrons. The highest BCUT2D eigenvalue weighted by Crippen LogP contribution is 2.30. The zero-order chi connectivity index (χ0) is 18.8. The summed E-state index contributed by atoms with van der Waals surface area (Å²) in [6.45, 7) is -0.0747. The van der Waals surface area contributed by atoms with Gasteiger partial charge in [0.05, 0.1) is 5.92 Å². The van der Waals surface area contributed by atoms with E-state index in [1.807, 2.05) is 18.2 Å². The standard InChI is InChI=1S/C21H20ClNO4/c22-17-5-7-19-15(9-17)8-16(11-26-19)21(25)27-12-20(24)23-18-6-4-13-2-1-3-14(13)10-18/h4-7,9-10,16H,1-3,8,11-12H2,(H,23,24)/t16-/m1/s1. The summed E-state index contributed by atoms with van der Waals surface area (Å²) in [4.78, 5) is 24.4. The Balaban J connectivity index is 1.29. The summed E-state index contributed by atoms with van der Waals surface area (Å²) < 4.78 is 10.8. The monoisotopic (exact) mass is 385 g/mol. The molecule has 1 aliphatic carbocycles. The number of benzene rings is 2. The number of fused-ring (bicyclic) bond motifs is 2. The van der Waals surface area contributed by atoms with Crippen molar-refractivity contribution in [2.45, 2.75) is 25.7 Å². The number of hydrogen-bond acceptors (Lipinski definition) is 4. The van der Waals surface area contributed by atoms with Crippen LogP contribution in [0.15, 0.2) is 36.4 Å². The van der Waals surface area contributed by atoms with Gasteiger partial charge in [0.15, 0.2) is 6.61 Å². The van der Waals surface area contributed by atoms with E-state index in [1.165, 1.54) is 11.1 Å². The minimum atomic E-state index is -0.441. The lowest BCUT2D eigenvalue weighted by Crippen LogP contribution is -2.32. The highest BCUT2D eigenvalue weighted by atomic mass is 35.5. The molecule has 4 rings (SSSR count). The van der Waals surface area contributed by atoms with Crippen LogP contribution in [0.3, 0.4) is 0 Å². The lowest BCUT2D eigenvalue weighted by molar-refractivity contribution is -0.152. The fourth-order valence-electron chi connectivity index (χ4n) is 3.62. The number of halogens is 1. The molecule has 1 amide bonds. The first-order chi connectivity index (χ1) is 13.1. The molecule has 0 bridgehead atoms. The summed E-state index contributed by atoms with van der Waals surface area (Å²) in [6, 6.07) is 11.3. The van der Waals surface area contributed by atoms with E-state index in [-0.39, 0.29) is 19.1 Å². The van der Waals surface area contributed by atoms with Crippen LogP contribution in [0.4, 0.5) is 5.69 Å². The van der Waals surface area contributed by atoms with Crippen molar-refractivity contribution in [3.8, 4) is 5.75 Å². The van der Waals surface area contributed by atoms with Gasteiger partial charge in [0.2, 0.25) is 0 Å². The van der Waals surface area contributed by atoms with Crippen LogP contribution < -0.4 is 10.1 Å². The molecule has 0 unspecified atom stereocenters. The van der Waals surface area contributed by atoms with Gasteiger partial charge in [0.25, 0.3) is 5.91 Å². The van der Waals surface area contributed by atoms with E-state index < -0.39 is 11.9 Å².